The minimum Gasteiger partial charge on any atom is -0.271 e. The van der Waals surface area contributed by atoms with Crippen LogP contribution >= 0.6 is 0 Å². The van der Waals surface area contributed by atoms with Gasteiger partial charge in [-0.15, -0.1) is 0 Å². The van der Waals surface area contributed by atoms with E-state index in [9.17, 15) is 8.42 Å². The van der Waals surface area contributed by atoms with Crippen molar-refractivity contribution in [3.63, 3.8) is 0 Å². The first kappa shape index (κ1) is 14.9. The molecule has 1 atom stereocenters. The zero-order valence-corrected chi connectivity index (χ0v) is 12.4. The molecule has 1 fully saturated rings. The van der Waals surface area contributed by atoms with Crippen molar-refractivity contribution in [2.45, 2.75) is 46.6 Å². The molecule has 0 aromatic rings. The summed E-state index contributed by atoms with van der Waals surface area (Å²) in [6.07, 6.45) is 2.78. The summed E-state index contributed by atoms with van der Waals surface area (Å²) in [6.45, 7) is 8.99. The number of nitrogens with two attached hydrogens (primary N) is 1. The summed E-state index contributed by atoms with van der Waals surface area (Å²) in [6, 6.07) is 0.210. The molecule has 1 unspecified atom stereocenters. The Morgan fingerprint density at radius 3 is 2.00 bits per heavy atom. The Morgan fingerprint density at radius 2 is 1.71 bits per heavy atom. The van der Waals surface area contributed by atoms with Crippen LogP contribution in [0.25, 0.3) is 0 Å². The first-order chi connectivity index (χ1) is 7.54. The number of hydrogen-bond donors (Lipinski definition) is 2. The molecule has 0 heterocycles. The van der Waals surface area contributed by atoms with E-state index in [1.54, 1.807) is 0 Å². The molecule has 0 spiro atoms. The molecular weight excluding hydrogens is 236 g/mol. The summed E-state index contributed by atoms with van der Waals surface area (Å²) in [4.78, 5) is 0. The van der Waals surface area contributed by atoms with E-state index in [4.69, 9.17) is 5.84 Å². The van der Waals surface area contributed by atoms with E-state index in [1.807, 2.05) is 0 Å². The minimum atomic E-state index is -2.86. The highest BCUT2D eigenvalue weighted by Gasteiger charge is 2.66. The topological polar surface area (TPSA) is 72.2 Å². The van der Waals surface area contributed by atoms with E-state index >= 15 is 0 Å². The van der Waals surface area contributed by atoms with Gasteiger partial charge in [0.2, 0.25) is 0 Å². The Hall–Kier alpha value is -0.130. The molecule has 1 aliphatic rings. The Bertz CT molecular complexity index is 360. The predicted octanol–water partition coefficient (Wildman–Crippen LogP) is 1.33. The Labute approximate surface area is 105 Å². The van der Waals surface area contributed by atoms with Crippen LogP contribution in [-0.2, 0) is 9.84 Å². The SMILES string of the molecule is CC1(C)C(C(CCCS(C)(=O)=O)NN)C1(C)C. The lowest BCUT2D eigenvalue weighted by atomic mass is 10.0. The lowest BCUT2D eigenvalue weighted by molar-refractivity contribution is 0.380. The molecule has 0 aliphatic heterocycles. The van der Waals surface area contributed by atoms with Crippen LogP contribution in [0.4, 0.5) is 0 Å². The third-order valence-corrected chi connectivity index (χ3v) is 5.81. The summed E-state index contributed by atoms with van der Waals surface area (Å²) in [7, 11) is -2.86. The van der Waals surface area contributed by atoms with Crippen molar-refractivity contribution in [3.8, 4) is 0 Å². The summed E-state index contributed by atoms with van der Waals surface area (Å²) in [5, 5.41) is 0. The van der Waals surface area contributed by atoms with E-state index in [-0.39, 0.29) is 22.6 Å². The van der Waals surface area contributed by atoms with Gasteiger partial charge in [0.1, 0.15) is 9.84 Å². The minimum absolute atomic E-state index is 0.210. The number of sulfone groups is 1. The number of nitrogens with one attached hydrogen (secondary N) is 1. The first-order valence-electron chi connectivity index (χ1n) is 6.18. The molecule has 0 amide bonds. The fraction of sp³-hybridized carbons (Fsp3) is 1.00. The highest BCUT2D eigenvalue weighted by atomic mass is 32.2. The molecule has 0 aromatic heterocycles. The largest absolute Gasteiger partial charge is 0.271 e. The van der Waals surface area contributed by atoms with Gasteiger partial charge in [0, 0.05) is 18.1 Å². The molecule has 3 N–H and O–H groups in total. The first-order valence-corrected chi connectivity index (χ1v) is 8.24. The van der Waals surface area contributed by atoms with E-state index in [0.29, 0.717) is 12.3 Å². The Balaban J connectivity index is 2.52. The second-order valence-corrected chi connectivity index (χ2v) is 8.73. The summed E-state index contributed by atoms with van der Waals surface area (Å²) in [5.74, 6) is 6.37. The van der Waals surface area contributed by atoms with Crippen molar-refractivity contribution in [2.24, 2.45) is 22.6 Å². The van der Waals surface area contributed by atoms with Crippen LogP contribution in [0.5, 0.6) is 0 Å². The maximum atomic E-state index is 11.1. The second kappa shape index (κ2) is 4.52. The quantitative estimate of drug-likeness (QED) is 0.559. The van der Waals surface area contributed by atoms with Crippen LogP contribution in [-0.4, -0.2) is 26.5 Å². The van der Waals surface area contributed by atoms with Gasteiger partial charge in [-0.2, -0.15) is 0 Å². The monoisotopic (exact) mass is 262 g/mol. The zero-order chi connectivity index (χ0) is 13.5. The normalized spacial score (nSPS) is 24.6. The number of hydrazine groups is 1. The summed E-state index contributed by atoms with van der Waals surface area (Å²) < 4.78 is 22.2. The van der Waals surface area contributed by atoms with Crippen LogP contribution < -0.4 is 11.3 Å². The van der Waals surface area contributed by atoms with Gasteiger partial charge in [0.15, 0.2) is 0 Å². The van der Waals surface area contributed by atoms with Crippen molar-refractivity contribution in [1.82, 2.24) is 5.43 Å². The molecular formula is C12H26N2O2S. The van der Waals surface area contributed by atoms with E-state index < -0.39 is 9.84 Å². The third kappa shape index (κ3) is 3.01. The molecule has 1 saturated carbocycles. The van der Waals surface area contributed by atoms with E-state index in [0.717, 1.165) is 6.42 Å². The molecule has 0 saturated heterocycles. The number of rotatable bonds is 6. The van der Waals surface area contributed by atoms with Gasteiger partial charge in [-0.05, 0) is 29.6 Å². The number of hydrogen-bond acceptors (Lipinski definition) is 4. The van der Waals surface area contributed by atoms with Crippen LogP contribution in [0.2, 0.25) is 0 Å². The van der Waals surface area contributed by atoms with Crippen LogP contribution in [0, 0.1) is 16.7 Å². The van der Waals surface area contributed by atoms with Crippen LogP contribution in [0.1, 0.15) is 40.5 Å². The standard InChI is InChI=1S/C12H26N2O2S/c1-11(2)10(12(11,3)4)9(14-13)7-6-8-17(5,15)16/h9-10,14H,6-8,13H2,1-5H3. The predicted molar refractivity (Wildman–Crippen MR) is 71.1 cm³/mol. The molecule has 1 rings (SSSR count). The van der Waals surface area contributed by atoms with Gasteiger partial charge in [0.25, 0.3) is 0 Å². The maximum absolute atomic E-state index is 11.1. The fourth-order valence-electron chi connectivity index (χ4n) is 3.17. The summed E-state index contributed by atoms with van der Waals surface area (Å²) in [5.41, 5.74) is 3.41. The lowest BCUT2D eigenvalue weighted by Crippen LogP contribution is -2.38. The summed E-state index contributed by atoms with van der Waals surface area (Å²) >= 11 is 0. The van der Waals surface area contributed by atoms with Crippen LogP contribution in [0.3, 0.4) is 0 Å². The lowest BCUT2D eigenvalue weighted by Gasteiger charge is -2.17. The van der Waals surface area contributed by atoms with Gasteiger partial charge in [-0.3, -0.25) is 11.3 Å². The molecule has 5 heteroatoms. The zero-order valence-electron chi connectivity index (χ0n) is 11.6. The Kier molecular flexibility index (Phi) is 3.97. The highest BCUT2D eigenvalue weighted by molar-refractivity contribution is 7.90. The van der Waals surface area contributed by atoms with E-state index in [1.165, 1.54) is 6.26 Å². The van der Waals surface area contributed by atoms with Gasteiger partial charge in [-0.1, -0.05) is 27.7 Å². The molecule has 4 nitrogen and oxygen atoms in total. The fourth-order valence-corrected chi connectivity index (χ4v) is 3.86. The van der Waals surface area contributed by atoms with Crippen molar-refractivity contribution in [1.29, 1.82) is 0 Å². The molecule has 102 valence electrons. The Morgan fingerprint density at radius 1 is 1.24 bits per heavy atom. The highest BCUT2D eigenvalue weighted by Crippen LogP contribution is 2.69. The average Bonchev–Trinajstić information content (AvgIpc) is 2.52. The molecule has 1 aliphatic carbocycles. The van der Waals surface area contributed by atoms with Crippen molar-refractivity contribution in [3.05, 3.63) is 0 Å². The van der Waals surface area contributed by atoms with Crippen molar-refractivity contribution >= 4 is 9.84 Å². The van der Waals surface area contributed by atoms with Gasteiger partial charge >= 0.3 is 0 Å². The van der Waals surface area contributed by atoms with Gasteiger partial charge < -0.3 is 0 Å². The van der Waals surface area contributed by atoms with E-state index in [2.05, 4.69) is 33.1 Å². The van der Waals surface area contributed by atoms with Gasteiger partial charge in [-0.25, -0.2) is 8.42 Å². The molecule has 0 radical (unpaired) electrons. The molecule has 0 bridgehead atoms. The molecule has 17 heavy (non-hydrogen) atoms. The third-order valence-electron chi connectivity index (χ3n) is 4.78. The maximum Gasteiger partial charge on any atom is 0.147 e. The second-order valence-electron chi connectivity index (χ2n) is 6.47. The molecule has 0 aromatic carbocycles. The van der Waals surface area contributed by atoms with Crippen LogP contribution in [0.15, 0.2) is 0 Å². The van der Waals surface area contributed by atoms with Crippen molar-refractivity contribution in [2.75, 3.05) is 12.0 Å². The average molecular weight is 262 g/mol. The van der Waals surface area contributed by atoms with Gasteiger partial charge in [0.05, 0.1) is 0 Å². The smallest absolute Gasteiger partial charge is 0.147 e. The van der Waals surface area contributed by atoms with Crippen molar-refractivity contribution < 1.29 is 8.42 Å².